The Morgan fingerprint density at radius 1 is 0.795 bits per heavy atom. The molecular weight excluding hydrogens is 540 g/mol. The monoisotopic (exact) mass is 592 g/mol. The van der Waals surface area contributed by atoms with E-state index in [1.807, 2.05) is 13.8 Å². The van der Waals surface area contributed by atoms with Crippen LogP contribution in [0, 0.1) is 23.7 Å². The lowest BCUT2D eigenvalue weighted by molar-refractivity contribution is 0.0462. The fourth-order valence-electron chi connectivity index (χ4n) is 2.79. The zero-order chi connectivity index (χ0) is 29.2. The molecule has 0 saturated carbocycles. The highest BCUT2D eigenvalue weighted by atomic mass is 33.1. The molecule has 0 radical (unpaired) electrons. The zero-order valence-electron chi connectivity index (χ0n) is 24.9. The summed E-state index contributed by atoms with van der Waals surface area (Å²) in [5, 5.41) is 5.30. The van der Waals surface area contributed by atoms with Gasteiger partial charge in [-0.3, -0.25) is 0 Å². The maximum absolute atomic E-state index is 11.8. The molecule has 0 unspecified atom stereocenters. The van der Waals surface area contributed by atoms with Gasteiger partial charge in [0.2, 0.25) is 0 Å². The summed E-state index contributed by atoms with van der Waals surface area (Å²) < 4.78 is 26.9. The lowest BCUT2D eigenvalue weighted by Crippen LogP contribution is -2.29. The maximum atomic E-state index is 11.8. The van der Waals surface area contributed by atoms with E-state index in [9.17, 15) is 9.59 Å². The average Bonchev–Trinajstić information content (AvgIpc) is 2.86. The molecule has 0 aliphatic rings. The van der Waals surface area contributed by atoms with Crippen LogP contribution < -0.4 is 10.6 Å². The Labute approximate surface area is 244 Å². The molecule has 0 aromatic rings. The molecule has 2 N–H and O–H groups in total. The van der Waals surface area contributed by atoms with E-state index in [0.29, 0.717) is 64.6 Å². The summed E-state index contributed by atoms with van der Waals surface area (Å²) in [6.45, 7) is 16.9. The van der Waals surface area contributed by atoms with Crippen molar-refractivity contribution in [3.8, 4) is 11.8 Å². The number of nitrogens with one attached hydrogen (secondary N) is 2. The predicted molar refractivity (Wildman–Crippen MR) is 161 cm³/mol. The van der Waals surface area contributed by atoms with Crippen molar-refractivity contribution in [3.63, 3.8) is 0 Å². The highest BCUT2D eigenvalue weighted by Crippen LogP contribution is 2.37. The van der Waals surface area contributed by atoms with E-state index in [2.05, 4.69) is 50.2 Å². The summed E-state index contributed by atoms with van der Waals surface area (Å²) in [7, 11) is 3.34. The smallest absolute Gasteiger partial charge is 0.407 e. The number of hydrogen-bond acceptors (Lipinski definition) is 9. The van der Waals surface area contributed by atoms with Crippen molar-refractivity contribution in [2.75, 3.05) is 65.3 Å². The summed E-state index contributed by atoms with van der Waals surface area (Å²) in [6, 6.07) is 0. The Bertz CT molecular complexity index is 683. The Balaban J connectivity index is 3.54. The molecule has 2 amide bonds. The Morgan fingerprint density at radius 3 is 2.15 bits per heavy atom. The van der Waals surface area contributed by atoms with Gasteiger partial charge in [-0.15, -0.1) is 0 Å². The minimum atomic E-state index is -0.442. The van der Waals surface area contributed by atoms with Crippen LogP contribution in [0.15, 0.2) is 0 Å². The van der Waals surface area contributed by atoms with Crippen molar-refractivity contribution in [2.45, 2.75) is 78.4 Å². The highest BCUT2D eigenvalue weighted by molar-refractivity contribution is 8.77. The minimum absolute atomic E-state index is 0.0622. The number of carbonyl (C=O) groups excluding carboxylic acids is 2. The van der Waals surface area contributed by atoms with Crippen molar-refractivity contribution in [1.82, 2.24) is 10.6 Å². The molecule has 0 aliphatic heterocycles. The number of ether oxygens (including phenoxy) is 5. The van der Waals surface area contributed by atoms with Crippen molar-refractivity contribution in [3.05, 3.63) is 0 Å². The molecular formula is C28H52N2O7S2. The quantitative estimate of drug-likeness (QED) is 0.0652. The summed E-state index contributed by atoms with van der Waals surface area (Å²) in [6.07, 6.45) is 3.66. The number of carbonyl (C=O) groups is 2. The van der Waals surface area contributed by atoms with Crippen LogP contribution in [0.3, 0.4) is 0 Å². The Hall–Kier alpha value is -1.32. The molecule has 0 saturated heterocycles. The molecule has 0 spiro atoms. The Kier molecular flexibility index (Phi) is 24.8. The molecule has 0 fully saturated rings. The molecule has 0 heterocycles. The van der Waals surface area contributed by atoms with Gasteiger partial charge >= 0.3 is 12.2 Å². The van der Waals surface area contributed by atoms with Crippen LogP contribution in [-0.4, -0.2) is 82.2 Å². The Morgan fingerprint density at radius 2 is 1.44 bits per heavy atom. The predicted octanol–water partition coefficient (Wildman–Crippen LogP) is 5.87. The van der Waals surface area contributed by atoms with E-state index in [-0.39, 0.29) is 10.7 Å². The van der Waals surface area contributed by atoms with Gasteiger partial charge in [0.25, 0.3) is 0 Å². The summed E-state index contributed by atoms with van der Waals surface area (Å²) >= 11 is 0. The SMILES string of the molecule is CC(C)C#CCNC(=O)OCCCCOCSSC(C)(C)CCOC(=O)NCCOCCOCCCC(C)C. The van der Waals surface area contributed by atoms with Crippen LogP contribution in [0.5, 0.6) is 0 Å². The molecule has 0 aromatic carbocycles. The van der Waals surface area contributed by atoms with Gasteiger partial charge in [-0.2, -0.15) is 0 Å². The van der Waals surface area contributed by atoms with E-state index in [1.54, 1.807) is 21.6 Å². The fraction of sp³-hybridized carbons (Fsp3) is 0.857. The first-order valence-corrected chi connectivity index (χ1v) is 16.3. The van der Waals surface area contributed by atoms with Crippen LogP contribution >= 0.6 is 21.6 Å². The van der Waals surface area contributed by atoms with Gasteiger partial charge in [0.1, 0.15) is 5.94 Å². The number of rotatable bonds is 23. The van der Waals surface area contributed by atoms with Crippen molar-refractivity contribution in [2.24, 2.45) is 11.8 Å². The van der Waals surface area contributed by atoms with Gasteiger partial charge in [-0.05, 0) is 51.9 Å². The summed E-state index contributed by atoms with van der Waals surface area (Å²) in [5.41, 5.74) is 0. The second-order valence-corrected chi connectivity index (χ2v) is 13.2. The summed E-state index contributed by atoms with van der Waals surface area (Å²) in [4.78, 5) is 23.4. The molecule has 39 heavy (non-hydrogen) atoms. The molecule has 228 valence electrons. The second kappa shape index (κ2) is 25.6. The molecule has 0 rings (SSSR count). The van der Waals surface area contributed by atoms with Gasteiger partial charge in [-0.1, -0.05) is 61.1 Å². The lowest BCUT2D eigenvalue weighted by Gasteiger charge is -2.22. The van der Waals surface area contributed by atoms with Crippen molar-refractivity contribution in [1.29, 1.82) is 0 Å². The zero-order valence-corrected chi connectivity index (χ0v) is 26.6. The van der Waals surface area contributed by atoms with Gasteiger partial charge in [0.15, 0.2) is 0 Å². The van der Waals surface area contributed by atoms with E-state index in [1.165, 1.54) is 6.42 Å². The minimum Gasteiger partial charge on any atom is -0.450 e. The van der Waals surface area contributed by atoms with Crippen molar-refractivity contribution >= 4 is 33.8 Å². The standard InChI is InChI=1S/C28H52N2O7S2/c1-24(2)11-9-14-29-26(31)36-18-8-7-16-35-23-38-39-28(5,6)13-19-37-27(32)30-15-20-34-22-21-33-17-10-12-25(3)4/h24-25H,7-8,10,12-23H2,1-6H3,(H,29,31)(H,30,32). The third kappa shape index (κ3) is 29.5. The summed E-state index contributed by atoms with van der Waals surface area (Å²) in [5.74, 6) is 7.40. The van der Waals surface area contributed by atoms with Gasteiger partial charge in [0.05, 0.1) is 39.6 Å². The molecule has 9 nitrogen and oxygen atoms in total. The number of amides is 2. The number of alkyl carbamates (subject to hydrolysis) is 2. The molecule has 0 aromatic heterocycles. The van der Waals surface area contributed by atoms with Gasteiger partial charge in [0, 0.05) is 30.4 Å². The molecule has 0 atom stereocenters. The topological polar surface area (TPSA) is 104 Å². The van der Waals surface area contributed by atoms with E-state index < -0.39 is 12.2 Å². The van der Waals surface area contributed by atoms with Gasteiger partial charge < -0.3 is 34.3 Å². The first-order chi connectivity index (χ1) is 18.6. The van der Waals surface area contributed by atoms with Crippen LogP contribution in [0.1, 0.15) is 73.6 Å². The fourth-order valence-corrected chi connectivity index (χ4v) is 5.07. The molecule has 0 aliphatic carbocycles. The van der Waals surface area contributed by atoms with E-state index in [4.69, 9.17) is 23.7 Å². The van der Waals surface area contributed by atoms with Crippen LogP contribution in [0.4, 0.5) is 9.59 Å². The van der Waals surface area contributed by atoms with E-state index in [0.717, 1.165) is 32.3 Å². The largest absolute Gasteiger partial charge is 0.450 e. The number of unbranched alkanes of at least 4 members (excludes halogenated alkanes) is 1. The number of hydrogen-bond donors (Lipinski definition) is 2. The first kappa shape index (κ1) is 37.7. The highest BCUT2D eigenvalue weighted by Gasteiger charge is 2.19. The lowest BCUT2D eigenvalue weighted by atomic mass is 10.1. The van der Waals surface area contributed by atoms with Crippen molar-refractivity contribution < 1.29 is 33.3 Å². The molecule has 11 heteroatoms. The van der Waals surface area contributed by atoms with Crippen LogP contribution in [0.25, 0.3) is 0 Å². The van der Waals surface area contributed by atoms with Crippen LogP contribution in [-0.2, 0) is 23.7 Å². The third-order valence-electron chi connectivity index (χ3n) is 4.94. The van der Waals surface area contributed by atoms with Gasteiger partial charge in [-0.25, -0.2) is 9.59 Å². The first-order valence-electron chi connectivity index (χ1n) is 14.0. The molecule has 0 bridgehead atoms. The average molecular weight is 593 g/mol. The third-order valence-corrected chi connectivity index (χ3v) is 7.97. The normalized spacial score (nSPS) is 11.3. The maximum Gasteiger partial charge on any atom is 0.407 e. The van der Waals surface area contributed by atoms with Crippen LogP contribution in [0.2, 0.25) is 0 Å². The van der Waals surface area contributed by atoms with E-state index >= 15 is 0 Å². The second-order valence-electron chi connectivity index (χ2n) is 10.2.